The molecule has 0 saturated carbocycles. The Labute approximate surface area is 50.2 Å². The highest BCUT2D eigenvalue weighted by molar-refractivity contribution is 5.07. The molecule has 0 aliphatic heterocycles. The summed E-state index contributed by atoms with van der Waals surface area (Å²) in [4.78, 5) is 0. The Morgan fingerprint density at radius 3 is 3.00 bits per heavy atom. The van der Waals surface area contributed by atoms with Crippen LogP contribution in [0.3, 0.4) is 0 Å². The molecule has 8 heavy (non-hydrogen) atoms. The van der Waals surface area contributed by atoms with Crippen molar-refractivity contribution in [3.05, 3.63) is 36.5 Å². The second-order valence-corrected chi connectivity index (χ2v) is 1.70. The lowest BCUT2D eigenvalue weighted by molar-refractivity contribution is 1.25. The summed E-state index contributed by atoms with van der Waals surface area (Å²) in [5.74, 6) is 0. The van der Waals surface area contributed by atoms with Crippen LogP contribution in [0.4, 0.5) is 0 Å². The maximum Gasteiger partial charge on any atom is -0.00946 e. The third kappa shape index (κ3) is 1.78. The van der Waals surface area contributed by atoms with Gasteiger partial charge >= 0.3 is 0 Å². The fourth-order valence-electron chi connectivity index (χ4n) is 0.606. The molecule has 0 atom stereocenters. The molecule has 0 heteroatoms. The average molecular weight is 105 g/mol. The van der Waals surface area contributed by atoms with Gasteiger partial charge < -0.3 is 0 Å². The van der Waals surface area contributed by atoms with Crippen molar-refractivity contribution in [2.24, 2.45) is 0 Å². The van der Waals surface area contributed by atoms with E-state index in [4.69, 9.17) is 0 Å². The van der Waals surface area contributed by atoms with Crippen LogP contribution in [0, 0.1) is 6.08 Å². The van der Waals surface area contributed by atoms with E-state index in [1.54, 1.807) is 0 Å². The number of hydrogen-bond acceptors (Lipinski definition) is 0. The van der Waals surface area contributed by atoms with Crippen molar-refractivity contribution >= 4 is 0 Å². The molecule has 1 rings (SSSR count). The minimum absolute atomic E-state index is 0.963. The highest BCUT2D eigenvalue weighted by Crippen LogP contribution is 1.94. The van der Waals surface area contributed by atoms with Crippen LogP contribution in [0.2, 0.25) is 0 Å². The van der Waals surface area contributed by atoms with Crippen LogP contribution < -0.4 is 0 Å². The largest absolute Gasteiger partial charge is 0.0807 e. The van der Waals surface area contributed by atoms with Crippen molar-refractivity contribution < 1.29 is 0 Å². The second-order valence-electron chi connectivity index (χ2n) is 1.70. The van der Waals surface area contributed by atoms with Gasteiger partial charge in [-0.25, -0.2) is 0 Å². The van der Waals surface area contributed by atoms with E-state index in [0.29, 0.717) is 0 Å². The molecular weight excluding hydrogens is 96.1 g/mol. The van der Waals surface area contributed by atoms with Gasteiger partial charge in [-0.3, -0.25) is 0 Å². The molecule has 0 saturated heterocycles. The zero-order valence-electron chi connectivity index (χ0n) is 4.80. The van der Waals surface area contributed by atoms with Crippen molar-refractivity contribution in [3.8, 4) is 0 Å². The number of allylic oxidation sites excluding steroid dienone is 6. The van der Waals surface area contributed by atoms with Crippen molar-refractivity contribution in [3.63, 3.8) is 0 Å². The van der Waals surface area contributed by atoms with Crippen LogP contribution in [0.5, 0.6) is 0 Å². The summed E-state index contributed by atoms with van der Waals surface area (Å²) in [7, 11) is 0. The minimum Gasteiger partial charge on any atom is -0.0807 e. The fraction of sp³-hybridized carbons (Fsp3) is 0.250. The molecule has 0 nitrogen and oxygen atoms in total. The first-order valence-electron chi connectivity index (χ1n) is 2.87. The molecule has 0 aromatic carbocycles. The van der Waals surface area contributed by atoms with Gasteiger partial charge in [0.15, 0.2) is 0 Å². The molecule has 1 aliphatic rings. The van der Waals surface area contributed by atoms with Gasteiger partial charge in [0.1, 0.15) is 0 Å². The van der Waals surface area contributed by atoms with Crippen LogP contribution in [-0.2, 0) is 0 Å². The Hall–Kier alpha value is -0.780. The summed E-state index contributed by atoms with van der Waals surface area (Å²) in [5, 5.41) is 0. The van der Waals surface area contributed by atoms with E-state index in [9.17, 15) is 0 Å². The lowest BCUT2D eigenvalue weighted by Gasteiger charge is -1.84. The monoisotopic (exact) mass is 105 g/mol. The quantitative estimate of drug-likeness (QED) is 0.443. The lowest BCUT2D eigenvalue weighted by Crippen LogP contribution is -1.65. The van der Waals surface area contributed by atoms with Crippen LogP contribution in [-0.4, -0.2) is 0 Å². The van der Waals surface area contributed by atoms with E-state index >= 15 is 0 Å². The molecule has 0 aromatic rings. The fourth-order valence-corrected chi connectivity index (χ4v) is 0.606. The topological polar surface area (TPSA) is 0 Å². The first kappa shape index (κ1) is 5.36. The Kier molecular flexibility index (Phi) is 2.18. The lowest BCUT2D eigenvalue weighted by atomic mass is 10.2. The zero-order valence-corrected chi connectivity index (χ0v) is 4.80. The molecule has 0 spiro atoms. The van der Waals surface area contributed by atoms with E-state index in [1.807, 2.05) is 0 Å². The zero-order chi connectivity index (χ0) is 5.66. The molecule has 0 amide bonds. The molecular formula is C8H9. The van der Waals surface area contributed by atoms with E-state index < -0.39 is 0 Å². The molecule has 1 aliphatic carbocycles. The molecule has 0 heterocycles. The standard InChI is InChI=1S/C8H9/c1-2-4-6-8-7-5-3-1/h1-4,7H,5-6H2/b3-1-,4-2-,8-7?. The third-order valence-corrected chi connectivity index (χ3v) is 1.02. The highest BCUT2D eigenvalue weighted by atomic mass is 13.8. The van der Waals surface area contributed by atoms with Gasteiger partial charge in [-0.1, -0.05) is 30.4 Å². The van der Waals surface area contributed by atoms with Gasteiger partial charge in [0.25, 0.3) is 0 Å². The van der Waals surface area contributed by atoms with Crippen LogP contribution >= 0.6 is 0 Å². The Morgan fingerprint density at radius 1 is 1.12 bits per heavy atom. The van der Waals surface area contributed by atoms with Gasteiger partial charge in [-0.05, 0) is 18.9 Å². The van der Waals surface area contributed by atoms with E-state index in [-0.39, 0.29) is 0 Å². The molecule has 1 radical (unpaired) electrons. The van der Waals surface area contributed by atoms with Crippen LogP contribution in [0.15, 0.2) is 30.4 Å². The van der Waals surface area contributed by atoms with Crippen LogP contribution in [0.25, 0.3) is 0 Å². The van der Waals surface area contributed by atoms with Gasteiger partial charge in [0.05, 0.1) is 0 Å². The van der Waals surface area contributed by atoms with E-state index in [0.717, 1.165) is 12.8 Å². The van der Waals surface area contributed by atoms with E-state index in [1.165, 1.54) is 0 Å². The van der Waals surface area contributed by atoms with Gasteiger partial charge in [-0.2, -0.15) is 0 Å². The van der Waals surface area contributed by atoms with Crippen LogP contribution in [0.1, 0.15) is 12.8 Å². The third-order valence-electron chi connectivity index (χ3n) is 1.02. The van der Waals surface area contributed by atoms with Crippen molar-refractivity contribution in [1.82, 2.24) is 0 Å². The molecule has 0 unspecified atom stereocenters. The molecule has 0 aromatic heterocycles. The summed E-state index contributed by atoms with van der Waals surface area (Å²) in [6, 6.07) is 0. The average Bonchev–Trinajstić information content (AvgIpc) is 1.62. The normalized spacial score (nSPS) is 30.0. The van der Waals surface area contributed by atoms with Crippen molar-refractivity contribution in [2.75, 3.05) is 0 Å². The Balaban J connectivity index is 2.51. The van der Waals surface area contributed by atoms with Gasteiger partial charge in [0, 0.05) is 0 Å². The Morgan fingerprint density at radius 2 is 2.00 bits per heavy atom. The number of hydrogen-bond donors (Lipinski definition) is 0. The number of rotatable bonds is 0. The smallest absolute Gasteiger partial charge is 0.00946 e. The summed E-state index contributed by atoms with van der Waals surface area (Å²) in [6.07, 6.45) is 15.5. The van der Waals surface area contributed by atoms with Gasteiger partial charge in [-0.15, -0.1) is 0 Å². The highest BCUT2D eigenvalue weighted by Gasteiger charge is 1.74. The first-order valence-corrected chi connectivity index (χ1v) is 2.87. The van der Waals surface area contributed by atoms with Crippen molar-refractivity contribution in [1.29, 1.82) is 0 Å². The first-order chi connectivity index (χ1) is 4.00. The molecule has 41 valence electrons. The Bertz CT molecular complexity index is 111. The predicted molar refractivity (Wildman–Crippen MR) is 35.3 cm³/mol. The minimum atomic E-state index is 0.963. The molecule has 0 fully saturated rings. The predicted octanol–water partition coefficient (Wildman–Crippen LogP) is 2.25. The summed E-state index contributed by atoms with van der Waals surface area (Å²) >= 11 is 0. The van der Waals surface area contributed by atoms with Gasteiger partial charge in [0.2, 0.25) is 0 Å². The SMILES string of the molecule is [C]1=C\C/C=C\C=C/C/1. The van der Waals surface area contributed by atoms with Crippen molar-refractivity contribution in [2.45, 2.75) is 12.8 Å². The summed E-state index contributed by atoms with van der Waals surface area (Å²) < 4.78 is 0. The maximum absolute atomic E-state index is 3.12. The maximum atomic E-state index is 3.12. The summed E-state index contributed by atoms with van der Waals surface area (Å²) in [5.41, 5.74) is 0. The second kappa shape index (κ2) is 3.25. The molecule has 0 bridgehead atoms. The molecule has 0 N–H and O–H groups in total. The summed E-state index contributed by atoms with van der Waals surface area (Å²) in [6.45, 7) is 0. The van der Waals surface area contributed by atoms with E-state index in [2.05, 4.69) is 36.5 Å².